The Balaban J connectivity index is 0.00000385. The molecular weight excluding hydrogens is 533 g/mol. The lowest BCUT2D eigenvalue weighted by atomic mass is 10.1. The summed E-state index contributed by atoms with van der Waals surface area (Å²) in [6.07, 6.45) is 3.10. The SMILES string of the molecule is CCNC(=NCCc1ccc(OC)c(OC)c1)N1CCN(C(C)C(=O)N2CCCC2)CC1.I. The predicted molar refractivity (Wildman–Crippen MR) is 143 cm³/mol. The van der Waals surface area contributed by atoms with E-state index < -0.39 is 0 Å². The van der Waals surface area contributed by atoms with Crippen LogP contribution >= 0.6 is 24.0 Å². The Morgan fingerprint density at radius 2 is 1.70 bits per heavy atom. The van der Waals surface area contributed by atoms with Gasteiger partial charge in [-0.05, 0) is 50.8 Å². The summed E-state index contributed by atoms with van der Waals surface area (Å²) in [7, 11) is 3.30. The standard InChI is InChI=1S/C24H39N5O3.HI/c1-5-25-24(26-11-10-20-8-9-21(31-3)22(18-20)32-4)29-16-14-27(15-17-29)19(2)23(30)28-12-6-7-13-28;/h8-9,18-19H,5-7,10-17H2,1-4H3,(H,25,26);1H. The molecule has 2 fully saturated rings. The van der Waals surface area contributed by atoms with Crippen molar-refractivity contribution in [1.82, 2.24) is 20.0 Å². The molecule has 0 radical (unpaired) electrons. The number of halogens is 1. The highest BCUT2D eigenvalue weighted by Crippen LogP contribution is 2.27. The molecule has 2 heterocycles. The zero-order chi connectivity index (χ0) is 22.9. The number of nitrogens with one attached hydrogen (secondary N) is 1. The van der Waals surface area contributed by atoms with E-state index in [4.69, 9.17) is 14.5 Å². The highest BCUT2D eigenvalue weighted by molar-refractivity contribution is 14.0. The third kappa shape index (κ3) is 7.37. The number of nitrogens with zero attached hydrogens (tertiary/aromatic N) is 4. The number of hydrogen-bond donors (Lipinski definition) is 1. The first kappa shape index (κ1) is 27.5. The Bertz CT molecular complexity index is 777. The van der Waals surface area contributed by atoms with Crippen molar-refractivity contribution in [2.24, 2.45) is 4.99 Å². The van der Waals surface area contributed by atoms with E-state index >= 15 is 0 Å². The molecule has 0 bridgehead atoms. The summed E-state index contributed by atoms with van der Waals surface area (Å²) in [6, 6.07) is 5.97. The second-order valence-corrected chi connectivity index (χ2v) is 8.41. The quantitative estimate of drug-likeness (QED) is 0.293. The molecule has 0 saturated carbocycles. The van der Waals surface area contributed by atoms with Gasteiger partial charge in [0.15, 0.2) is 17.5 Å². The Hall–Kier alpha value is -1.75. The van der Waals surface area contributed by atoms with E-state index in [0.717, 1.165) is 82.5 Å². The zero-order valence-corrected chi connectivity index (χ0v) is 22.8. The minimum atomic E-state index is -0.0418. The predicted octanol–water partition coefficient (Wildman–Crippen LogP) is 2.46. The van der Waals surface area contributed by atoms with Gasteiger partial charge in [0, 0.05) is 52.4 Å². The number of hydrogen-bond acceptors (Lipinski definition) is 5. The van der Waals surface area contributed by atoms with E-state index in [2.05, 4.69) is 35.0 Å². The van der Waals surface area contributed by atoms with E-state index in [9.17, 15) is 4.79 Å². The van der Waals surface area contributed by atoms with Gasteiger partial charge < -0.3 is 24.6 Å². The van der Waals surface area contributed by atoms with Gasteiger partial charge in [-0.1, -0.05) is 6.07 Å². The second-order valence-electron chi connectivity index (χ2n) is 8.41. The summed E-state index contributed by atoms with van der Waals surface area (Å²) in [4.78, 5) is 24.2. The molecule has 0 aliphatic carbocycles. The van der Waals surface area contributed by atoms with Crippen LogP contribution < -0.4 is 14.8 Å². The molecule has 33 heavy (non-hydrogen) atoms. The number of piperazine rings is 1. The van der Waals surface area contributed by atoms with Gasteiger partial charge >= 0.3 is 0 Å². The Kier molecular flexibility index (Phi) is 11.5. The molecular formula is C24H40IN5O3. The molecule has 2 aliphatic heterocycles. The zero-order valence-electron chi connectivity index (χ0n) is 20.5. The minimum absolute atomic E-state index is 0. The maximum Gasteiger partial charge on any atom is 0.239 e. The molecule has 1 aromatic rings. The van der Waals surface area contributed by atoms with Crippen molar-refractivity contribution in [2.75, 3.05) is 66.6 Å². The van der Waals surface area contributed by atoms with E-state index in [0.29, 0.717) is 6.54 Å². The summed E-state index contributed by atoms with van der Waals surface area (Å²) >= 11 is 0. The van der Waals surface area contributed by atoms with Crippen LogP contribution in [0.3, 0.4) is 0 Å². The molecule has 9 heteroatoms. The van der Waals surface area contributed by atoms with Crippen LogP contribution in [0.2, 0.25) is 0 Å². The number of rotatable bonds is 8. The van der Waals surface area contributed by atoms with Crippen molar-refractivity contribution in [2.45, 2.75) is 39.2 Å². The lowest BCUT2D eigenvalue weighted by molar-refractivity contribution is -0.135. The molecule has 1 atom stereocenters. The lowest BCUT2D eigenvalue weighted by Gasteiger charge is -2.39. The summed E-state index contributed by atoms with van der Waals surface area (Å²) in [5, 5.41) is 3.43. The fraction of sp³-hybridized carbons (Fsp3) is 0.667. The molecule has 186 valence electrons. The van der Waals surface area contributed by atoms with Gasteiger partial charge in [0.05, 0.1) is 20.3 Å². The summed E-state index contributed by atoms with van der Waals surface area (Å²) in [5.74, 6) is 2.72. The van der Waals surface area contributed by atoms with Crippen molar-refractivity contribution in [1.29, 1.82) is 0 Å². The molecule has 3 rings (SSSR count). The third-order valence-corrected chi connectivity index (χ3v) is 6.38. The van der Waals surface area contributed by atoms with Crippen molar-refractivity contribution in [3.05, 3.63) is 23.8 Å². The smallest absolute Gasteiger partial charge is 0.239 e. The normalized spacial score (nSPS) is 18.0. The number of amides is 1. The Morgan fingerprint density at radius 3 is 2.30 bits per heavy atom. The molecule has 1 N–H and O–H groups in total. The van der Waals surface area contributed by atoms with Gasteiger partial charge in [0.25, 0.3) is 0 Å². The fourth-order valence-corrected chi connectivity index (χ4v) is 4.43. The van der Waals surface area contributed by atoms with E-state index in [1.807, 2.05) is 17.0 Å². The lowest BCUT2D eigenvalue weighted by Crippen LogP contribution is -2.57. The van der Waals surface area contributed by atoms with Crippen molar-refractivity contribution >= 4 is 35.8 Å². The maximum absolute atomic E-state index is 12.7. The maximum atomic E-state index is 12.7. The first-order valence-corrected chi connectivity index (χ1v) is 11.8. The fourth-order valence-electron chi connectivity index (χ4n) is 4.43. The van der Waals surface area contributed by atoms with Gasteiger partial charge in [-0.25, -0.2) is 0 Å². The number of benzene rings is 1. The number of aliphatic imine (C=N–C) groups is 1. The average molecular weight is 574 g/mol. The molecule has 1 amide bonds. The van der Waals surface area contributed by atoms with Crippen LogP contribution in [-0.4, -0.2) is 99.2 Å². The van der Waals surface area contributed by atoms with Crippen molar-refractivity contribution in [3.63, 3.8) is 0 Å². The van der Waals surface area contributed by atoms with Gasteiger partial charge in [-0.3, -0.25) is 14.7 Å². The first-order chi connectivity index (χ1) is 15.6. The first-order valence-electron chi connectivity index (χ1n) is 11.8. The van der Waals surface area contributed by atoms with E-state index in [1.165, 1.54) is 5.56 Å². The van der Waals surface area contributed by atoms with Crippen LogP contribution in [0.15, 0.2) is 23.2 Å². The summed E-state index contributed by atoms with van der Waals surface area (Å²) in [6.45, 7) is 11.0. The van der Waals surface area contributed by atoms with Crippen molar-refractivity contribution in [3.8, 4) is 11.5 Å². The molecule has 0 aromatic heterocycles. The van der Waals surface area contributed by atoms with E-state index in [1.54, 1.807) is 14.2 Å². The van der Waals surface area contributed by atoms with Crippen LogP contribution in [0.1, 0.15) is 32.3 Å². The van der Waals surface area contributed by atoms with Crippen LogP contribution in [0, 0.1) is 0 Å². The van der Waals surface area contributed by atoms with Gasteiger partial charge in [-0.15, -0.1) is 24.0 Å². The molecule has 1 unspecified atom stereocenters. The largest absolute Gasteiger partial charge is 0.493 e. The molecule has 0 spiro atoms. The van der Waals surface area contributed by atoms with Crippen molar-refractivity contribution < 1.29 is 14.3 Å². The Morgan fingerprint density at radius 1 is 1.03 bits per heavy atom. The monoisotopic (exact) mass is 573 g/mol. The van der Waals surface area contributed by atoms with Gasteiger partial charge in [0.2, 0.25) is 5.91 Å². The topological polar surface area (TPSA) is 69.6 Å². The van der Waals surface area contributed by atoms with Gasteiger partial charge in [-0.2, -0.15) is 0 Å². The average Bonchev–Trinajstić information content (AvgIpc) is 3.37. The molecule has 8 nitrogen and oxygen atoms in total. The number of likely N-dealkylation sites (tertiary alicyclic amines) is 1. The third-order valence-electron chi connectivity index (χ3n) is 6.38. The molecule has 2 saturated heterocycles. The minimum Gasteiger partial charge on any atom is -0.493 e. The molecule has 1 aromatic carbocycles. The van der Waals surface area contributed by atoms with E-state index in [-0.39, 0.29) is 35.9 Å². The van der Waals surface area contributed by atoms with Gasteiger partial charge in [0.1, 0.15) is 0 Å². The number of carbonyl (C=O) groups is 1. The number of ether oxygens (including phenoxy) is 2. The van der Waals surface area contributed by atoms with Crippen LogP contribution in [0.4, 0.5) is 0 Å². The van der Waals surface area contributed by atoms with Crippen LogP contribution in [-0.2, 0) is 11.2 Å². The Labute approximate surface area is 215 Å². The highest BCUT2D eigenvalue weighted by atomic mass is 127. The second kappa shape index (κ2) is 13.8. The number of carbonyl (C=O) groups excluding carboxylic acids is 1. The molecule has 2 aliphatic rings. The number of methoxy groups -OCH3 is 2. The summed E-state index contributed by atoms with van der Waals surface area (Å²) < 4.78 is 10.7. The van der Waals surface area contributed by atoms with Crippen LogP contribution in [0.25, 0.3) is 0 Å². The summed E-state index contributed by atoms with van der Waals surface area (Å²) in [5.41, 5.74) is 1.17. The highest BCUT2D eigenvalue weighted by Gasteiger charge is 2.30. The number of guanidine groups is 1. The van der Waals surface area contributed by atoms with Crippen LogP contribution in [0.5, 0.6) is 11.5 Å².